The van der Waals surface area contributed by atoms with Crippen molar-refractivity contribution in [1.29, 1.82) is 0 Å². The smallest absolute Gasteiger partial charge is 0.00134 e. The Morgan fingerprint density at radius 2 is 0.380 bits per heavy atom. The van der Waals surface area contributed by atoms with Crippen LogP contribution in [-0.4, -0.2) is 0 Å². The average Bonchev–Trinajstić information content (AvgIpc) is 3.69. The zero-order chi connectivity index (χ0) is 33.0. The van der Waals surface area contributed by atoms with Gasteiger partial charge in [0.1, 0.15) is 0 Å². The van der Waals surface area contributed by atoms with Crippen molar-refractivity contribution < 1.29 is 0 Å². The Labute approximate surface area is 293 Å². The summed E-state index contributed by atoms with van der Waals surface area (Å²) in [5, 5.41) is 0. The second-order valence-corrected chi connectivity index (χ2v) is 13.3. The van der Waals surface area contributed by atoms with E-state index in [0.717, 1.165) is 0 Å². The van der Waals surface area contributed by atoms with Gasteiger partial charge in [-0.1, -0.05) is 170 Å². The Kier molecular flexibility index (Phi) is 6.60. The molecule has 0 radical (unpaired) electrons. The fourth-order valence-electron chi connectivity index (χ4n) is 8.01. The Morgan fingerprint density at radius 3 is 0.600 bits per heavy atom. The first-order valence-corrected chi connectivity index (χ1v) is 17.3. The van der Waals surface area contributed by atoms with Crippen molar-refractivity contribution in [1.82, 2.24) is 0 Å². The molecule has 0 unspecified atom stereocenters. The summed E-state index contributed by atoms with van der Waals surface area (Å²) in [6.07, 6.45) is 0. The Morgan fingerprint density at radius 1 is 0.160 bits per heavy atom. The lowest BCUT2D eigenvalue weighted by atomic mass is 9.88. The monoisotopic (exact) mass is 632 g/mol. The molecule has 2 aliphatic carbocycles. The molecule has 0 nitrogen and oxygen atoms in total. The predicted molar refractivity (Wildman–Crippen MR) is 211 cm³/mol. The van der Waals surface area contributed by atoms with Crippen LogP contribution in [0.5, 0.6) is 0 Å². The van der Waals surface area contributed by atoms with E-state index in [-0.39, 0.29) is 0 Å². The van der Waals surface area contributed by atoms with Gasteiger partial charge in [-0.2, -0.15) is 0 Å². The lowest BCUT2D eigenvalue weighted by Gasteiger charge is -2.15. The standard InChI is InChI=1S/C50H32/c1-5-13-33(14-6-1)37-21-25-41-42-26-22-38(34-15-7-2-8-16-34)30-46(42)49(45(41)29-37)50-47-31-39(35-17-9-3-10-18-35)23-27-43(47)44-28-24-40(32-48(44)50)36-19-11-4-12-20-36/h1-32H. The summed E-state index contributed by atoms with van der Waals surface area (Å²) in [6, 6.07) is 71.3. The second-order valence-electron chi connectivity index (χ2n) is 13.3. The third-order valence-electron chi connectivity index (χ3n) is 10.4. The van der Waals surface area contributed by atoms with Crippen molar-refractivity contribution in [2.45, 2.75) is 0 Å². The lowest BCUT2D eigenvalue weighted by molar-refractivity contribution is 1.58. The summed E-state index contributed by atoms with van der Waals surface area (Å²) in [4.78, 5) is 0. The molecule has 0 N–H and O–H groups in total. The highest BCUT2D eigenvalue weighted by atomic mass is 14.4. The first-order chi connectivity index (χ1) is 24.8. The maximum Gasteiger partial charge on any atom is -0.00134 e. The summed E-state index contributed by atoms with van der Waals surface area (Å²) >= 11 is 0. The van der Waals surface area contributed by atoms with Gasteiger partial charge in [-0.05, 0) is 124 Å². The van der Waals surface area contributed by atoms with Crippen molar-refractivity contribution in [3.8, 4) is 66.8 Å². The fraction of sp³-hybridized carbons (Fsp3) is 0. The molecule has 0 spiro atoms. The lowest BCUT2D eigenvalue weighted by Crippen LogP contribution is -1.93. The van der Waals surface area contributed by atoms with Crippen molar-refractivity contribution in [3.05, 3.63) is 216 Å². The zero-order valence-electron chi connectivity index (χ0n) is 27.5. The predicted octanol–water partition coefficient (Wildman–Crippen LogP) is 13.3. The van der Waals surface area contributed by atoms with Crippen LogP contribution < -0.4 is 0 Å². The van der Waals surface area contributed by atoms with E-state index in [2.05, 4.69) is 194 Å². The van der Waals surface area contributed by atoms with E-state index in [4.69, 9.17) is 0 Å². The molecule has 0 saturated carbocycles. The molecule has 232 valence electrons. The molecule has 0 saturated heterocycles. The Hall–Kier alpha value is -6.50. The molecule has 0 aromatic heterocycles. The summed E-state index contributed by atoms with van der Waals surface area (Å²) in [5.74, 6) is 0. The van der Waals surface area contributed by atoms with Gasteiger partial charge in [-0.3, -0.25) is 0 Å². The van der Waals surface area contributed by atoms with Gasteiger partial charge in [0.25, 0.3) is 0 Å². The van der Waals surface area contributed by atoms with E-state index in [1.165, 1.54) is 100 Å². The summed E-state index contributed by atoms with van der Waals surface area (Å²) in [6.45, 7) is 0. The van der Waals surface area contributed by atoms with Gasteiger partial charge in [0.2, 0.25) is 0 Å². The van der Waals surface area contributed by atoms with Crippen molar-refractivity contribution in [2.75, 3.05) is 0 Å². The fourth-order valence-corrected chi connectivity index (χ4v) is 8.01. The van der Waals surface area contributed by atoms with Crippen LogP contribution in [0.25, 0.3) is 77.9 Å². The minimum Gasteiger partial charge on any atom is -0.0622 e. The summed E-state index contributed by atoms with van der Waals surface area (Å²) < 4.78 is 0. The van der Waals surface area contributed by atoms with Crippen LogP contribution >= 0.6 is 0 Å². The number of hydrogen-bond acceptors (Lipinski definition) is 0. The highest BCUT2D eigenvalue weighted by Gasteiger charge is 2.33. The van der Waals surface area contributed by atoms with Crippen LogP contribution in [0, 0.1) is 0 Å². The van der Waals surface area contributed by atoms with Crippen LogP contribution in [0.1, 0.15) is 22.3 Å². The molecule has 0 aliphatic heterocycles. The third-order valence-corrected chi connectivity index (χ3v) is 10.4. The van der Waals surface area contributed by atoms with Gasteiger partial charge < -0.3 is 0 Å². The molecule has 0 bridgehead atoms. The first kappa shape index (κ1) is 28.5. The van der Waals surface area contributed by atoms with Crippen molar-refractivity contribution in [3.63, 3.8) is 0 Å². The molecule has 50 heavy (non-hydrogen) atoms. The molecule has 0 heterocycles. The van der Waals surface area contributed by atoms with Crippen LogP contribution in [-0.2, 0) is 0 Å². The minimum atomic E-state index is 1.23. The Bertz CT molecular complexity index is 2230. The van der Waals surface area contributed by atoms with E-state index < -0.39 is 0 Å². The minimum absolute atomic E-state index is 1.23. The molecule has 0 heteroatoms. The number of rotatable bonds is 4. The molecule has 10 rings (SSSR count). The topological polar surface area (TPSA) is 0 Å². The molecule has 8 aromatic carbocycles. The number of benzene rings is 8. The molecule has 2 aliphatic rings. The van der Waals surface area contributed by atoms with Crippen LogP contribution in [0.2, 0.25) is 0 Å². The highest BCUT2D eigenvalue weighted by Crippen LogP contribution is 2.56. The molecule has 0 fully saturated rings. The average molecular weight is 633 g/mol. The first-order valence-electron chi connectivity index (χ1n) is 17.3. The Balaban J connectivity index is 1.31. The number of fused-ring (bicyclic) bond motifs is 6. The van der Waals surface area contributed by atoms with Crippen molar-refractivity contribution in [2.24, 2.45) is 0 Å². The highest BCUT2D eigenvalue weighted by molar-refractivity contribution is 6.20. The van der Waals surface area contributed by atoms with E-state index in [1.54, 1.807) is 0 Å². The third kappa shape index (κ3) is 4.61. The van der Waals surface area contributed by atoms with Gasteiger partial charge in [-0.15, -0.1) is 0 Å². The molecular weight excluding hydrogens is 601 g/mol. The maximum atomic E-state index is 2.43. The van der Waals surface area contributed by atoms with E-state index in [9.17, 15) is 0 Å². The van der Waals surface area contributed by atoms with E-state index in [0.29, 0.717) is 0 Å². The second kappa shape index (κ2) is 11.6. The number of hydrogen-bond donors (Lipinski definition) is 0. The van der Waals surface area contributed by atoms with Gasteiger partial charge >= 0.3 is 0 Å². The summed E-state index contributed by atoms with van der Waals surface area (Å²) in [5.41, 5.74) is 22.7. The quantitative estimate of drug-likeness (QED) is 0.181. The van der Waals surface area contributed by atoms with Crippen molar-refractivity contribution >= 4 is 11.1 Å². The normalized spacial score (nSPS) is 12.3. The molecule has 8 aromatic rings. The van der Waals surface area contributed by atoms with Gasteiger partial charge in [-0.25, -0.2) is 0 Å². The maximum absolute atomic E-state index is 2.43. The van der Waals surface area contributed by atoms with E-state index in [1.807, 2.05) is 0 Å². The van der Waals surface area contributed by atoms with Crippen LogP contribution in [0.4, 0.5) is 0 Å². The van der Waals surface area contributed by atoms with Crippen LogP contribution in [0.3, 0.4) is 0 Å². The van der Waals surface area contributed by atoms with E-state index >= 15 is 0 Å². The largest absolute Gasteiger partial charge is 0.0622 e. The van der Waals surface area contributed by atoms with Gasteiger partial charge in [0.05, 0.1) is 0 Å². The van der Waals surface area contributed by atoms with Crippen LogP contribution in [0.15, 0.2) is 194 Å². The molecular formula is C50H32. The molecule has 0 atom stereocenters. The SMILES string of the molecule is c1ccc(-c2ccc3c(c2)C(=C2c4cc(-c5ccccc5)ccc4-c4ccc(-c5ccccc5)cc42)c2cc(-c4ccccc4)ccc2-3)cc1. The molecule has 0 amide bonds. The summed E-state index contributed by atoms with van der Waals surface area (Å²) in [7, 11) is 0. The van der Waals surface area contributed by atoms with Gasteiger partial charge in [0, 0.05) is 0 Å². The zero-order valence-corrected chi connectivity index (χ0v) is 27.5. The van der Waals surface area contributed by atoms with Gasteiger partial charge in [0.15, 0.2) is 0 Å².